The minimum absolute atomic E-state index is 0. The first-order valence-electron chi connectivity index (χ1n) is 5.40. The van der Waals surface area contributed by atoms with E-state index in [1.54, 1.807) is 7.05 Å². The van der Waals surface area contributed by atoms with Crippen molar-refractivity contribution in [3.63, 3.8) is 0 Å². The Morgan fingerprint density at radius 2 is 1.95 bits per heavy atom. The van der Waals surface area contributed by atoms with Gasteiger partial charge in [-0.05, 0) is 12.1 Å². The van der Waals surface area contributed by atoms with E-state index in [1.165, 1.54) is 4.90 Å². The molecule has 0 atom stereocenters. The Kier molecular flexibility index (Phi) is 6.73. The fraction of sp³-hybridized carbons (Fsp3) is 0.455. The lowest BCUT2D eigenvalue weighted by molar-refractivity contribution is -0.141. The molecular weight excluding hydrogens is 318 g/mol. The Hall–Kier alpha value is -1.05. The summed E-state index contributed by atoms with van der Waals surface area (Å²) in [4.78, 5) is 16.7. The molecule has 114 valence electrons. The van der Waals surface area contributed by atoms with Crippen LogP contribution in [0.2, 0.25) is 0 Å². The number of carbonyl (C=O) groups is 1. The molecule has 0 bridgehead atoms. The van der Waals surface area contributed by atoms with Gasteiger partial charge in [-0.25, -0.2) is 0 Å². The van der Waals surface area contributed by atoms with Crippen LogP contribution in [-0.2, 0) is 6.18 Å². The van der Waals surface area contributed by atoms with Crippen LogP contribution in [-0.4, -0.2) is 42.0 Å². The number of alkyl halides is 3. The zero-order valence-corrected chi connectivity index (χ0v) is 12.1. The number of nitrogens with one attached hydrogen (secondary N) is 1. The Labute approximate surface area is 126 Å². The second kappa shape index (κ2) is 7.10. The molecule has 0 aromatic carbocycles. The number of carbonyl (C=O) groups excluding carboxylic acids is 1. The van der Waals surface area contributed by atoms with Crippen molar-refractivity contribution in [3.05, 3.63) is 29.6 Å². The SMILES string of the molecule is CN(C(=O)c1ccc(C(F)(F)F)nc1)C1CNC1.Cl.Cl. The zero-order valence-electron chi connectivity index (χ0n) is 10.5. The summed E-state index contributed by atoms with van der Waals surface area (Å²) < 4.78 is 36.9. The number of hydrogen-bond acceptors (Lipinski definition) is 3. The number of pyridine rings is 1. The Morgan fingerprint density at radius 1 is 1.35 bits per heavy atom. The quantitative estimate of drug-likeness (QED) is 0.901. The minimum Gasteiger partial charge on any atom is -0.336 e. The standard InChI is InChI=1S/C11H12F3N3O.2ClH/c1-17(8-5-15-6-8)10(18)7-2-3-9(16-4-7)11(12,13)14;;/h2-4,8,15H,5-6H2,1H3;2*1H. The normalized spacial score (nSPS) is 14.6. The van der Waals surface area contributed by atoms with E-state index < -0.39 is 11.9 Å². The van der Waals surface area contributed by atoms with Gasteiger partial charge in [-0.3, -0.25) is 9.78 Å². The van der Waals surface area contributed by atoms with E-state index in [0.29, 0.717) is 13.1 Å². The molecule has 1 fully saturated rings. The average Bonchev–Trinajstić information content (AvgIpc) is 2.24. The van der Waals surface area contributed by atoms with Gasteiger partial charge in [0.1, 0.15) is 5.69 Å². The monoisotopic (exact) mass is 331 g/mol. The Bertz CT molecular complexity index is 449. The lowest BCUT2D eigenvalue weighted by atomic mass is 10.1. The summed E-state index contributed by atoms with van der Waals surface area (Å²) in [6, 6.07) is 2.07. The van der Waals surface area contributed by atoms with Gasteiger partial charge in [-0.2, -0.15) is 13.2 Å². The Morgan fingerprint density at radius 3 is 2.30 bits per heavy atom. The van der Waals surface area contributed by atoms with E-state index in [2.05, 4.69) is 10.3 Å². The van der Waals surface area contributed by atoms with Crippen LogP contribution in [0.4, 0.5) is 13.2 Å². The van der Waals surface area contributed by atoms with Crippen LogP contribution in [0, 0.1) is 0 Å². The molecule has 2 rings (SSSR count). The predicted octanol–water partition coefficient (Wildman–Crippen LogP) is 1.99. The van der Waals surface area contributed by atoms with Crippen LogP contribution in [0.25, 0.3) is 0 Å². The second-order valence-electron chi connectivity index (χ2n) is 4.16. The van der Waals surface area contributed by atoms with Gasteiger partial charge in [0.15, 0.2) is 0 Å². The van der Waals surface area contributed by atoms with E-state index >= 15 is 0 Å². The molecule has 1 aromatic rings. The summed E-state index contributed by atoms with van der Waals surface area (Å²) >= 11 is 0. The van der Waals surface area contributed by atoms with Crippen molar-refractivity contribution >= 4 is 30.7 Å². The zero-order chi connectivity index (χ0) is 13.3. The molecule has 9 heteroatoms. The van der Waals surface area contributed by atoms with E-state index in [4.69, 9.17) is 0 Å². The van der Waals surface area contributed by atoms with Gasteiger partial charge in [0.25, 0.3) is 5.91 Å². The maximum absolute atomic E-state index is 12.3. The van der Waals surface area contributed by atoms with E-state index in [9.17, 15) is 18.0 Å². The first-order valence-corrected chi connectivity index (χ1v) is 5.40. The van der Waals surface area contributed by atoms with Gasteiger partial charge in [0, 0.05) is 26.3 Å². The number of nitrogens with zero attached hydrogens (tertiary/aromatic N) is 2. The average molecular weight is 332 g/mol. The smallest absolute Gasteiger partial charge is 0.336 e. The molecular formula is C11H14Cl2F3N3O. The molecule has 1 aromatic heterocycles. The van der Waals surface area contributed by atoms with Crippen LogP contribution in [0.5, 0.6) is 0 Å². The highest BCUT2D eigenvalue weighted by Gasteiger charge is 2.33. The highest BCUT2D eigenvalue weighted by atomic mass is 35.5. The van der Waals surface area contributed by atoms with Gasteiger partial charge >= 0.3 is 6.18 Å². The van der Waals surface area contributed by atoms with Crippen LogP contribution in [0.1, 0.15) is 16.1 Å². The third-order valence-electron chi connectivity index (χ3n) is 2.93. The predicted molar refractivity (Wildman–Crippen MR) is 72.5 cm³/mol. The van der Waals surface area contributed by atoms with Crippen molar-refractivity contribution in [1.82, 2.24) is 15.2 Å². The molecule has 2 heterocycles. The highest BCUT2D eigenvalue weighted by molar-refractivity contribution is 5.94. The van der Waals surface area contributed by atoms with E-state index in [0.717, 1.165) is 18.3 Å². The molecule has 1 aliphatic rings. The molecule has 4 nitrogen and oxygen atoms in total. The molecule has 1 saturated heterocycles. The van der Waals surface area contributed by atoms with Crippen molar-refractivity contribution in [1.29, 1.82) is 0 Å². The largest absolute Gasteiger partial charge is 0.433 e. The van der Waals surface area contributed by atoms with Gasteiger partial charge in [-0.1, -0.05) is 0 Å². The number of amides is 1. The third kappa shape index (κ3) is 3.97. The van der Waals surface area contributed by atoms with Gasteiger partial charge < -0.3 is 10.2 Å². The molecule has 1 N–H and O–H groups in total. The van der Waals surface area contributed by atoms with Crippen molar-refractivity contribution in [2.45, 2.75) is 12.2 Å². The summed E-state index contributed by atoms with van der Waals surface area (Å²) in [6.07, 6.45) is -3.51. The summed E-state index contributed by atoms with van der Waals surface area (Å²) in [5.41, 5.74) is -0.829. The summed E-state index contributed by atoms with van der Waals surface area (Å²) in [5.74, 6) is -0.317. The lowest BCUT2D eigenvalue weighted by Gasteiger charge is -2.35. The number of halogens is 5. The van der Waals surface area contributed by atoms with Crippen LogP contribution < -0.4 is 5.32 Å². The minimum atomic E-state index is -4.48. The third-order valence-corrected chi connectivity index (χ3v) is 2.93. The molecule has 0 saturated carbocycles. The molecule has 0 unspecified atom stereocenters. The maximum atomic E-state index is 12.3. The molecule has 1 aliphatic heterocycles. The molecule has 0 aliphatic carbocycles. The molecule has 20 heavy (non-hydrogen) atoms. The first-order chi connectivity index (χ1) is 8.39. The van der Waals surface area contributed by atoms with Crippen molar-refractivity contribution in [2.24, 2.45) is 0 Å². The summed E-state index contributed by atoms with van der Waals surface area (Å²) in [6.45, 7) is 1.41. The summed E-state index contributed by atoms with van der Waals surface area (Å²) in [7, 11) is 1.63. The van der Waals surface area contributed by atoms with Crippen LogP contribution in [0.3, 0.4) is 0 Å². The van der Waals surface area contributed by atoms with Gasteiger partial charge in [0.2, 0.25) is 0 Å². The lowest BCUT2D eigenvalue weighted by Crippen LogP contribution is -2.57. The van der Waals surface area contributed by atoms with Crippen molar-refractivity contribution in [3.8, 4) is 0 Å². The number of likely N-dealkylation sites (N-methyl/N-ethyl adjacent to an activating group) is 1. The maximum Gasteiger partial charge on any atom is 0.433 e. The van der Waals surface area contributed by atoms with Crippen molar-refractivity contribution < 1.29 is 18.0 Å². The Balaban J connectivity index is 0.00000180. The van der Waals surface area contributed by atoms with Crippen molar-refractivity contribution in [2.75, 3.05) is 20.1 Å². The van der Waals surface area contributed by atoms with Gasteiger partial charge in [0.05, 0.1) is 11.6 Å². The topological polar surface area (TPSA) is 45.2 Å². The van der Waals surface area contributed by atoms with E-state index in [-0.39, 0.29) is 42.3 Å². The summed E-state index contributed by atoms with van der Waals surface area (Å²) in [5, 5.41) is 3.02. The molecule has 0 radical (unpaired) electrons. The number of aromatic nitrogens is 1. The van der Waals surface area contributed by atoms with E-state index in [1.807, 2.05) is 0 Å². The first kappa shape index (κ1) is 18.9. The molecule has 1 amide bonds. The van der Waals surface area contributed by atoms with Gasteiger partial charge in [-0.15, -0.1) is 24.8 Å². The number of rotatable bonds is 2. The molecule has 0 spiro atoms. The second-order valence-corrected chi connectivity index (χ2v) is 4.16. The fourth-order valence-corrected chi connectivity index (χ4v) is 1.60. The fourth-order valence-electron chi connectivity index (χ4n) is 1.60. The van der Waals surface area contributed by atoms with Crippen LogP contribution >= 0.6 is 24.8 Å². The number of hydrogen-bond donors (Lipinski definition) is 1. The van der Waals surface area contributed by atoms with Crippen LogP contribution in [0.15, 0.2) is 18.3 Å². The highest BCUT2D eigenvalue weighted by Crippen LogP contribution is 2.27.